The molecule has 0 saturated heterocycles. The van der Waals surface area contributed by atoms with Gasteiger partial charge in [0.1, 0.15) is 12.2 Å². The molecule has 5 heteroatoms. The van der Waals surface area contributed by atoms with E-state index in [9.17, 15) is 0 Å². The number of methoxy groups -OCH3 is 1. The fraction of sp³-hybridized carbons (Fsp3) is 0.429. The van der Waals surface area contributed by atoms with Gasteiger partial charge in [-0.3, -0.25) is 0 Å². The normalized spacial score (nSPS) is 26.2. The molecule has 0 radical (unpaired) electrons. The highest BCUT2D eigenvalue weighted by Crippen LogP contribution is 2.49. The van der Waals surface area contributed by atoms with E-state index in [1.807, 2.05) is 17.7 Å². The molecule has 4 nitrogen and oxygen atoms in total. The van der Waals surface area contributed by atoms with Crippen molar-refractivity contribution in [3.63, 3.8) is 0 Å². The van der Waals surface area contributed by atoms with E-state index in [0.29, 0.717) is 6.10 Å². The minimum Gasteiger partial charge on any atom is -0.381 e. The monoisotopic (exact) mass is 321 g/mol. The Labute approximate surface area is 120 Å². The van der Waals surface area contributed by atoms with Crippen LogP contribution < -0.4 is 0 Å². The van der Waals surface area contributed by atoms with E-state index in [0.717, 1.165) is 23.1 Å². The zero-order valence-electron chi connectivity index (χ0n) is 11.0. The Morgan fingerprint density at radius 2 is 2.21 bits per heavy atom. The van der Waals surface area contributed by atoms with Gasteiger partial charge < -0.3 is 9.30 Å². The van der Waals surface area contributed by atoms with Gasteiger partial charge in [-0.1, -0.05) is 28.1 Å². The van der Waals surface area contributed by atoms with Gasteiger partial charge >= 0.3 is 0 Å². The molecule has 0 N–H and O–H groups in total. The molecule has 1 aromatic heterocycles. The summed E-state index contributed by atoms with van der Waals surface area (Å²) < 4.78 is 8.56. The summed E-state index contributed by atoms with van der Waals surface area (Å²) in [5.41, 5.74) is 1.20. The second-order valence-corrected chi connectivity index (χ2v) is 6.04. The molecular weight excluding hydrogens is 306 g/mol. The maximum Gasteiger partial charge on any atom is 0.143 e. The van der Waals surface area contributed by atoms with Crippen molar-refractivity contribution < 1.29 is 4.74 Å². The van der Waals surface area contributed by atoms with E-state index in [4.69, 9.17) is 4.74 Å². The zero-order chi connectivity index (χ0) is 13.5. The number of benzene rings is 1. The maximum absolute atomic E-state index is 5.46. The van der Waals surface area contributed by atoms with Gasteiger partial charge in [0.15, 0.2) is 0 Å². The van der Waals surface area contributed by atoms with Crippen LogP contribution in [0.5, 0.6) is 0 Å². The third-order valence-corrected chi connectivity index (χ3v) is 4.50. The zero-order valence-corrected chi connectivity index (χ0v) is 12.6. The van der Waals surface area contributed by atoms with Crippen molar-refractivity contribution in [1.82, 2.24) is 14.8 Å². The number of hydrogen-bond donors (Lipinski definition) is 0. The highest BCUT2D eigenvalue weighted by molar-refractivity contribution is 9.10. The summed E-state index contributed by atoms with van der Waals surface area (Å²) in [5, 5.41) is 8.36. The second-order valence-electron chi connectivity index (χ2n) is 5.12. The van der Waals surface area contributed by atoms with Gasteiger partial charge in [0.05, 0.1) is 11.5 Å². The molecule has 100 valence electrons. The smallest absolute Gasteiger partial charge is 0.143 e. The lowest BCUT2D eigenvalue weighted by Gasteiger charge is -2.46. The highest BCUT2D eigenvalue weighted by atomic mass is 79.9. The van der Waals surface area contributed by atoms with Crippen LogP contribution in [-0.4, -0.2) is 28.0 Å². The molecule has 1 saturated carbocycles. The van der Waals surface area contributed by atoms with Gasteiger partial charge in [0.25, 0.3) is 0 Å². The van der Waals surface area contributed by atoms with Crippen molar-refractivity contribution >= 4 is 15.9 Å². The fourth-order valence-electron chi connectivity index (χ4n) is 2.93. The van der Waals surface area contributed by atoms with Crippen LogP contribution in [0.15, 0.2) is 35.1 Å². The van der Waals surface area contributed by atoms with Crippen LogP contribution in [0.4, 0.5) is 0 Å². The Balaban J connectivity index is 2.07. The lowest BCUT2D eigenvalue weighted by molar-refractivity contribution is -0.00698. The Morgan fingerprint density at radius 1 is 1.42 bits per heavy atom. The van der Waals surface area contributed by atoms with Crippen LogP contribution in [0.2, 0.25) is 0 Å². The number of aromatic nitrogens is 3. The summed E-state index contributed by atoms with van der Waals surface area (Å²) in [5.74, 6) is 1.01. The molecule has 3 rings (SSSR count). The lowest BCUT2D eigenvalue weighted by Crippen LogP contribution is -2.48. The van der Waals surface area contributed by atoms with Crippen molar-refractivity contribution in [2.45, 2.75) is 24.4 Å². The van der Waals surface area contributed by atoms with Crippen molar-refractivity contribution in [1.29, 1.82) is 0 Å². The molecule has 0 bridgehead atoms. The van der Waals surface area contributed by atoms with Crippen LogP contribution in [0.3, 0.4) is 0 Å². The van der Waals surface area contributed by atoms with E-state index in [-0.39, 0.29) is 5.41 Å². The van der Waals surface area contributed by atoms with Gasteiger partial charge in [-0.15, -0.1) is 10.2 Å². The topological polar surface area (TPSA) is 39.9 Å². The molecule has 1 heterocycles. The van der Waals surface area contributed by atoms with Crippen LogP contribution >= 0.6 is 15.9 Å². The first-order chi connectivity index (χ1) is 9.15. The molecule has 1 aromatic carbocycles. The maximum atomic E-state index is 5.46. The number of nitrogens with zero attached hydrogens (tertiary/aromatic N) is 3. The number of rotatable bonds is 3. The summed E-state index contributed by atoms with van der Waals surface area (Å²) in [6.45, 7) is 0. The molecule has 0 unspecified atom stereocenters. The third kappa shape index (κ3) is 2.01. The predicted octanol–water partition coefficient (Wildman–Crippen LogP) is 2.67. The van der Waals surface area contributed by atoms with Crippen LogP contribution in [0.25, 0.3) is 0 Å². The molecule has 0 aliphatic heterocycles. The Kier molecular flexibility index (Phi) is 3.19. The Hall–Kier alpha value is -1.20. The van der Waals surface area contributed by atoms with E-state index >= 15 is 0 Å². The number of aryl methyl sites for hydroxylation is 1. The predicted molar refractivity (Wildman–Crippen MR) is 76.0 cm³/mol. The second kappa shape index (κ2) is 4.72. The molecule has 2 aromatic rings. The lowest BCUT2D eigenvalue weighted by atomic mass is 9.62. The van der Waals surface area contributed by atoms with Gasteiger partial charge in [-0.25, -0.2) is 0 Å². The van der Waals surface area contributed by atoms with Crippen LogP contribution in [-0.2, 0) is 17.2 Å². The van der Waals surface area contributed by atoms with Gasteiger partial charge in [0.2, 0.25) is 0 Å². The first kappa shape index (κ1) is 12.8. The van der Waals surface area contributed by atoms with Crippen molar-refractivity contribution in [2.75, 3.05) is 7.11 Å². The van der Waals surface area contributed by atoms with Crippen LogP contribution in [0, 0.1) is 0 Å². The molecule has 19 heavy (non-hydrogen) atoms. The standard InChI is InChI=1S/C14H16BrN3O/c1-18-9-16-17-13(18)14(7-12(8-14)19-2)10-4-3-5-11(15)6-10/h3-6,9,12H,7-8H2,1-2H3/t12-,14-. The molecular formula is C14H16BrN3O. The van der Waals surface area contributed by atoms with Crippen molar-refractivity contribution in [3.05, 3.63) is 46.5 Å². The molecule has 1 aliphatic rings. The van der Waals surface area contributed by atoms with E-state index in [1.165, 1.54) is 5.56 Å². The molecule has 0 spiro atoms. The molecule has 1 fully saturated rings. The SMILES string of the molecule is CO[C@H]1C[C@](c2cccc(Br)c2)(c2nncn2C)C1. The number of halogens is 1. The van der Waals surface area contributed by atoms with Gasteiger partial charge in [0, 0.05) is 18.6 Å². The molecule has 0 atom stereocenters. The van der Waals surface area contributed by atoms with Crippen LogP contribution in [0.1, 0.15) is 24.2 Å². The summed E-state index contributed by atoms with van der Waals surface area (Å²) >= 11 is 3.55. The van der Waals surface area contributed by atoms with E-state index in [2.05, 4.69) is 44.3 Å². The largest absolute Gasteiger partial charge is 0.381 e. The first-order valence-electron chi connectivity index (χ1n) is 6.29. The average molecular weight is 322 g/mol. The summed E-state index contributed by atoms with van der Waals surface area (Å²) in [7, 11) is 3.77. The van der Waals surface area contributed by atoms with Gasteiger partial charge in [-0.2, -0.15) is 0 Å². The van der Waals surface area contributed by atoms with Gasteiger partial charge in [-0.05, 0) is 30.5 Å². The quantitative estimate of drug-likeness (QED) is 0.872. The third-order valence-electron chi connectivity index (χ3n) is 4.00. The summed E-state index contributed by atoms with van der Waals surface area (Å²) in [6.07, 6.45) is 3.96. The molecule has 0 amide bonds. The number of hydrogen-bond acceptors (Lipinski definition) is 3. The highest BCUT2D eigenvalue weighted by Gasteiger charge is 2.50. The summed E-state index contributed by atoms with van der Waals surface area (Å²) in [6, 6.07) is 8.43. The molecule has 1 aliphatic carbocycles. The number of ether oxygens (including phenoxy) is 1. The Morgan fingerprint density at radius 3 is 2.79 bits per heavy atom. The fourth-order valence-corrected chi connectivity index (χ4v) is 3.33. The van der Waals surface area contributed by atoms with Crippen molar-refractivity contribution in [2.24, 2.45) is 7.05 Å². The van der Waals surface area contributed by atoms with E-state index < -0.39 is 0 Å². The van der Waals surface area contributed by atoms with E-state index in [1.54, 1.807) is 13.4 Å². The Bertz CT molecular complexity index is 590. The average Bonchev–Trinajstić information content (AvgIpc) is 2.76. The minimum atomic E-state index is -0.0737. The first-order valence-corrected chi connectivity index (χ1v) is 7.08. The summed E-state index contributed by atoms with van der Waals surface area (Å²) in [4.78, 5) is 0. The minimum absolute atomic E-state index is 0.0737. The van der Waals surface area contributed by atoms with Crippen molar-refractivity contribution in [3.8, 4) is 0 Å².